The Morgan fingerprint density at radius 2 is 1.50 bits per heavy atom. The number of nitrogens with zero attached hydrogens (tertiary/aromatic N) is 2. The Morgan fingerprint density at radius 3 is 2.18 bits per heavy atom. The van der Waals surface area contributed by atoms with Gasteiger partial charge in [-0.15, -0.1) is 0 Å². The van der Waals surface area contributed by atoms with Gasteiger partial charge in [0.25, 0.3) is 0 Å². The summed E-state index contributed by atoms with van der Waals surface area (Å²) in [4.78, 5) is 30.1. The Morgan fingerprint density at radius 1 is 0.840 bits per heavy atom. The van der Waals surface area contributed by atoms with E-state index >= 15 is 0 Å². The molecule has 2 saturated carbocycles. The van der Waals surface area contributed by atoms with Gasteiger partial charge in [-0.05, 0) is 79.0 Å². The highest BCUT2D eigenvalue weighted by Gasteiger charge is 2.42. The molecule has 50 heavy (non-hydrogen) atoms. The molecular formula is C41H53N3O6. The first-order valence-corrected chi connectivity index (χ1v) is 18.3. The molecule has 1 heterocycles. The number of anilines is 1. The van der Waals surface area contributed by atoms with E-state index in [1.807, 2.05) is 59.5 Å². The number of amides is 2. The molecule has 1 aliphatic heterocycles. The molecule has 0 spiro atoms. The molecule has 2 atom stereocenters. The van der Waals surface area contributed by atoms with Gasteiger partial charge < -0.3 is 28.7 Å². The van der Waals surface area contributed by atoms with Crippen LogP contribution in [0, 0.1) is 17.8 Å². The number of nitrogens with one attached hydrogen (secondary N) is 1. The van der Waals surface area contributed by atoms with Crippen LogP contribution in [0.25, 0.3) is 11.1 Å². The molecule has 1 saturated heterocycles. The van der Waals surface area contributed by atoms with E-state index in [0.717, 1.165) is 68.7 Å². The van der Waals surface area contributed by atoms with Crippen molar-refractivity contribution in [3.05, 3.63) is 90.0 Å². The predicted molar refractivity (Wildman–Crippen MR) is 195 cm³/mol. The highest BCUT2D eigenvalue weighted by atomic mass is 16.7. The van der Waals surface area contributed by atoms with Crippen LogP contribution in [0.4, 0.5) is 10.5 Å². The zero-order valence-corrected chi connectivity index (χ0v) is 29.6. The topological polar surface area (TPSA) is 89.6 Å². The van der Waals surface area contributed by atoms with E-state index in [0.29, 0.717) is 43.9 Å². The van der Waals surface area contributed by atoms with Crippen molar-refractivity contribution in [2.75, 3.05) is 65.5 Å². The number of hydrogen-bond donors (Lipinski definition) is 1. The van der Waals surface area contributed by atoms with Gasteiger partial charge in [0.05, 0.1) is 31.9 Å². The van der Waals surface area contributed by atoms with E-state index in [9.17, 15) is 9.59 Å². The average Bonchev–Trinajstić information content (AvgIpc) is 3.77. The molecule has 0 bridgehead atoms. The SMILES string of the molecule is COC(CN(CC1CC1)C(=O)CCOCCc1ccc(CCN2CC3CC(OC(=O)Nc4ccccc4-c4ccccc4)CC3C2)cc1)OC. The lowest BCUT2D eigenvalue weighted by atomic mass is 10.0. The molecular weight excluding hydrogens is 630 g/mol. The van der Waals surface area contributed by atoms with E-state index in [1.165, 1.54) is 24.0 Å². The minimum Gasteiger partial charge on any atom is -0.446 e. The van der Waals surface area contributed by atoms with Gasteiger partial charge in [0.15, 0.2) is 6.29 Å². The fraction of sp³-hybridized carbons (Fsp3) is 0.512. The number of methoxy groups -OCH3 is 2. The van der Waals surface area contributed by atoms with Gasteiger partial charge in [0.2, 0.25) is 5.91 Å². The van der Waals surface area contributed by atoms with Crippen LogP contribution < -0.4 is 5.32 Å². The molecule has 6 rings (SSSR count). The molecule has 0 radical (unpaired) electrons. The zero-order valence-electron chi connectivity index (χ0n) is 29.6. The fourth-order valence-corrected chi connectivity index (χ4v) is 7.46. The molecule has 3 fully saturated rings. The van der Waals surface area contributed by atoms with Gasteiger partial charge in [-0.2, -0.15) is 0 Å². The molecule has 3 aromatic carbocycles. The molecule has 1 N–H and O–H groups in total. The van der Waals surface area contributed by atoms with E-state index < -0.39 is 6.29 Å². The number of rotatable bonds is 18. The normalized spacial score (nSPS) is 20.2. The summed E-state index contributed by atoms with van der Waals surface area (Å²) in [7, 11) is 3.21. The van der Waals surface area contributed by atoms with Crippen LogP contribution in [0.2, 0.25) is 0 Å². The number of carbonyl (C=O) groups is 2. The maximum Gasteiger partial charge on any atom is 0.411 e. The van der Waals surface area contributed by atoms with Crippen LogP contribution in [-0.4, -0.2) is 94.4 Å². The van der Waals surface area contributed by atoms with Crippen LogP contribution in [-0.2, 0) is 36.6 Å². The number of hydrogen-bond acceptors (Lipinski definition) is 7. The van der Waals surface area contributed by atoms with E-state index in [2.05, 4.69) is 34.5 Å². The van der Waals surface area contributed by atoms with Crippen LogP contribution in [0.1, 0.15) is 43.2 Å². The Bertz CT molecular complexity index is 1500. The highest BCUT2D eigenvalue weighted by molar-refractivity contribution is 5.91. The van der Waals surface area contributed by atoms with Crippen molar-refractivity contribution >= 4 is 17.7 Å². The quantitative estimate of drug-likeness (QED) is 0.119. The monoisotopic (exact) mass is 683 g/mol. The molecule has 9 nitrogen and oxygen atoms in total. The molecule has 2 aliphatic carbocycles. The third kappa shape index (κ3) is 10.4. The van der Waals surface area contributed by atoms with Crippen LogP contribution in [0.15, 0.2) is 78.9 Å². The van der Waals surface area contributed by atoms with Crippen molar-refractivity contribution in [2.24, 2.45) is 17.8 Å². The molecule has 2 amide bonds. The maximum absolute atomic E-state index is 12.9. The molecule has 0 aromatic heterocycles. The van der Waals surface area contributed by atoms with Gasteiger partial charge in [-0.25, -0.2) is 4.79 Å². The number of ether oxygens (including phenoxy) is 4. The minimum atomic E-state index is -0.401. The van der Waals surface area contributed by atoms with Gasteiger partial charge in [0.1, 0.15) is 6.10 Å². The third-order valence-corrected chi connectivity index (χ3v) is 10.5. The van der Waals surface area contributed by atoms with Crippen molar-refractivity contribution in [1.82, 2.24) is 9.80 Å². The molecule has 3 aliphatic rings. The van der Waals surface area contributed by atoms with Crippen LogP contribution >= 0.6 is 0 Å². The Balaban J connectivity index is 0.851. The van der Waals surface area contributed by atoms with Gasteiger partial charge in [0, 0.05) is 46.0 Å². The lowest BCUT2D eigenvalue weighted by Crippen LogP contribution is -2.40. The summed E-state index contributed by atoms with van der Waals surface area (Å²) in [6, 6.07) is 26.8. The minimum absolute atomic E-state index is 0.0281. The zero-order chi connectivity index (χ0) is 34.7. The van der Waals surface area contributed by atoms with Crippen molar-refractivity contribution in [3.63, 3.8) is 0 Å². The predicted octanol–water partition coefficient (Wildman–Crippen LogP) is 6.66. The first kappa shape index (κ1) is 36.0. The second kappa shape index (κ2) is 17.9. The van der Waals surface area contributed by atoms with Crippen molar-refractivity contribution in [3.8, 4) is 11.1 Å². The first-order chi connectivity index (χ1) is 24.5. The summed E-state index contributed by atoms with van der Waals surface area (Å²) in [5.41, 5.74) is 5.40. The fourth-order valence-electron chi connectivity index (χ4n) is 7.46. The van der Waals surface area contributed by atoms with Gasteiger partial charge in [-0.3, -0.25) is 10.1 Å². The van der Waals surface area contributed by atoms with Gasteiger partial charge in [-0.1, -0.05) is 72.8 Å². The van der Waals surface area contributed by atoms with Crippen molar-refractivity contribution < 1.29 is 28.5 Å². The number of para-hydroxylation sites is 1. The lowest BCUT2D eigenvalue weighted by molar-refractivity contribution is -0.146. The lowest BCUT2D eigenvalue weighted by Gasteiger charge is -2.26. The summed E-state index contributed by atoms with van der Waals surface area (Å²) in [5.74, 6) is 1.86. The van der Waals surface area contributed by atoms with E-state index in [1.54, 1.807) is 14.2 Å². The second-order valence-electron chi connectivity index (χ2n) is 14.1. The first-order valence-electron chi connectivity index (χ1n) is 18.3. The number of likely N-dealkylation sites (tertiary alicyclic amines) is 1. The molecule has 3 aromatic rings. The largest absolute Gasteiger partial charge is 0.446 e. The van der Waals surface area contributed by atoms with Crippen molar-refractivity contribution in [1.29, 1.82) is 0 Å². The van der Waals surface area contributed by atoms with Crippen LogP contribution in [0.5, 0.6) is 0 Å². The smallest absolute Gasteiger partial charge is 0.411 e. The standard InChI is InChI=1S/C41H53N3O6/c1-47-40(48-2)29-44(26-32-16-17-32)39(45)20-23-49-22-19-31-14-12-30(13-15-31)18-21-43-27-34-24-36(25-35(34)28-43)50-41(46)42-38-11-7-6-10-37(38)33-8-4-3-5-9-33/h3-15,32,34-36,40H,16-29H2,1-2H3,(H,42,46). The third-order valence-electron chi connectivity index (χ3n) is 10.5. The maximum atomic E-state index is 12.9. The van der Waals surface area contributed by atoms with E-state index in [-0.39, 0.29) is 18.1 Å². The number of benzene rings is 3. The summed E-state index contributed by atoms with van der Waals surface area (Å²) in [6.45, 7) is 5.42. The Kier molecular flexibility index (Phi) is 12.9. The summed E-state index contributed by atoms with van der Waals surface area (Å²) < 4.78 is 22.4. The molecule has 9 heteroatoms. The van der Waals surface area contributed by atoms with Gasteiger partial charge >= 0.3 is 6.09 Å². The van der Waals surface area contributed by atoms with Crippen molar-refractivity contribution in [2.45, 2.75) is 57.3 Å². The molecule has 2 unspecified atom stereocenters. The second-order valence-corrected chi connectivity index (χ2v) is 14.1. The summed E-state index contributed by atoms with van der Waals surface area (Å²) in [6.07, 6.45) is 5.66. The summed E-state index contributed by atoms with van der Waals surface area (Å²) >= 11 is 0. The van der Waals surface area contributed by atoms with Crippen LogP contribution in [0.3, 0.4) is 0 Å². The molecule has 268 valence electrons. The van der Waals surface area contributed by atoms with E-state index in [4.69, 9.17) is 18.9 Å². The average molecular weight is 684 g/mol. The Labute approximate surface area is 297 Å². The Hall–Kier alpha value is -3.76. The summed E-state index contributed by atoms with van der Waals surface area (Å²) in [5, 5.41) is 2.99. The number of carbonyl (C=O) groups excluding carboxylic acids is 2. The number of fused-ring (bicyclic) bond motifs is 1. The highest BCUT2D eigenvalue weighted by Crippen LogP contribution is 2.40.